The first-order chi connectivity index (χ1) is 10.0. The van der Waals surface area contributed by atoms with Crippen LogP contribution in [0.4, 0.5) is 5.69 Å². The minimum atomic E-state index is -3.15. The molecule has 0 radical (unpaired) electrons. The Morgan fingerprint density at radius 1 is 1.14 bits per heavy atom. The molecule has 1 aromatic rings. The summed E-state index contributed by atoms with van der Waals surface area (Å²) in [6.07, 6.45) is 6.54. The Labute approximate surface area is 127 Å². The van der Waals surface area contributed by atoms with Gasteiger partial charge in [0.15, 0.2) is 0 Å². The van der Waals surface area contributed by atoms with Gasteiger partial charge in [0, 0.05) is 18.8 Å². The van der Waals surface area contributed by atoms with E-state index < -0.39 is 10.0 Å². The van der Waals surface area contributed by atoms with Crippen LogP contribution >= 0.6 is 0 Å². The standard InChI is InChI=1S/C16H24N2O2S/c17-16-7-6-14-8-9-18(11-15(14)10-16)21(19,20)12-13-4-2-1-3-5-13/h6-7,10,13H,1-5,8-9,11-12,17H2. The van der Waals surface area contributed by atoms with Crippen molar-refractivity contribution in [1.82, 2.24) is 4.31 Å². The van der Waals surface area contributed by atoms with Gasteiger partial charge in [-0.15, -0.1) is 0 Å². The summed E-state index contributed by atoms with van der Waals surface area (Å²) in [5.74, 6) is 0.677. The Bertz CT molecular complexity index is 607. The van der Waals surface area contributed by atoms with Crippen LogP contribution in [0.3, 0.4) is 0 Å². The second kappa shape index (κ2) is 5.97. The number of nitrogens with two attached hydrogens (primary N) is 1. The quantitative estimate of drug-likeness (QED) is 0.873. The average molecular weight is 308 g/mol. The van der Waals surface area contributed by atoms with Crippen molar-refractivity contribution in [3.05, 3.63) is 29.3 Å². The molecule has 1 saturated carbocycles. The molecule has 0 saturated heterocycles. The predicted octanol–water partition coefficient (Wildman–Crippen LogP) is 2.54. The lowest BCUT2D eigenvalue weighted by atomic mass is 9.91. The number of nitrogen functional groups attached to an aromatic ring is 1. The molecule has 0 spiro atoms. The van der Waals surface area contributed by atoms with E-state index in [1.54, 1.807) is 4.31 Å². The van der Waals surface area contributed by atoms with Crippen LogP contribution in [0.25, 0.3) is 0 Å². The van der Waals surface area contributed by atoms with Crippen molar-refractivity contribution >= 4 is 15.7 Å². The van der Waals surface area contributed by atoms with E-state index in [1.165, 1.54) is 24.8 Å². The summed E-state index contributed by atoms with van der Waals surface area (Å²) in [7, 11) is -3.15. The third-order valence-corrected chi connectivity index (χ3v) is 6.76. The van der Waals surface area contributed by atoms with Crippen LogP contribution in [-0.4, -0.2) is 25.0 Å². The van der Waals surface area contributed by atoms with Gasteiger partial charge >= 0.3 is 0 Å². The van der Waals surface area contributed by atoms with E-state index in [0.717, 1.165) is 24.8 Å². The van der Waals surface area contributed by atoms with E-state index >= 15 is 0 Å². The molecule has 2 N–H and O–H groups in total. The predicted molar refractivity (Wildman–Crippen MR) is 85.3 cm³/mol. The molecule has 2 aliphatic rings. The average Bonchev–Trinajstić information content (AvgIpc) is 2.47. The van der Waals surface area contributed by atoms with E-state index in [1.807, 2.05) is 18.2 Å². The summed E-state index contributed by atoms with van der Waals surface area (Å²) in [5, 5.41) is 0. The summed E-state index contributed by atoms with van der Waals surface area (Å²) < 4.78 is 26.9. The summed E-state index contributed by atoms with van der Waals surface area (Å²) in [4.78, 5) is 0. The molecule has 21 heavy (non-hydrogen) atoms. The van der Waals surface area contributed by atoms with Gasteiger partial charge in [-0.05, 0) is 48.4 Å². The molecule has 1 aromatic carbocycles. The molecule has 116 valence electrons. The highest BCUT2D eigenvalue weighted by atomic mass is 32.2. The third kappa shape index (κ3) is 3.40. The van der Waals surface area contributed by atoms with Gasteiger partial charge < -0.3 is 5.73 Å². The van der Waals surface area contributed by atoms with Crippen molar-refractivity contribution in [2.75, 3.05) is 18.0 Å². The summed E-state index contributed by atoms with van der Waals surface area (Å²) in [5.41, 5.74) is 8.82. The fraction of sp³-hybridized carbons (Fsp3) is 0.625. The van der Waals surface area contributed by atoms with E-state index in [9.17, 15) is 8.42 Å². The van der Waals surface area contributed by atoms with Crippen LogP contribution in [0, 0.1) is 5.92 Å². The van der Waals surface area contributed by atoms with E-state index in [4.69, 9.17) is 5.73 Å². The fourth-order valence-corrected chi connectivity index (χ4v) is 5.39. The minimum absolute atomic E-state index is 0.324. The van der Waals surface area contributed by atoms with Crippen molar-refractivity contribution in [2.45, 2.75) is 45.1 Å². The van der Waals surface area contributed by atoms with Gasteiger partial charge in [0.2, 0.25) is 10.0 Å². The second-order valence-electron chi connectivity index (χ2n) is 6.39. The van der Waals surface area contributed by atoms with Crippen molar-refractivity contribution in [3.8, 4) is 0 Å². The molecule has 1 heterocycles. The lowest BCUT2D eigenvalue weighted by molar-refractivity contribution is 0.357. The SMILES string of the molecule is Nc1ccc2c(c1)CN(S(=O)(=O)CC1CCCCC1)CC2. The molecule has 0 aromatic heterocycles. The smallest absolute Gasteiger partial charge is 0.214 e. The molecule has 0 amide bonds. The number of hydrogen-bond acceptors (Lipinski definition) is 3. The number of nitrogens with zero attached hydrogens (tertiary/aromatic N) is 1. The van der Waals surface area contributed by atoms with Crippen molar-refractivity contribution in [3.63, 3.8) is 0 Å². The van der Waals surface area contributed by atoms with E-state index in [2.05, 4.69) is 0 Å². The highest BCUT2D eigenvalue weighted by Gasteiger charge is 2.29. The van der Waals surface area contributed by atoms with E-state index in [0.29, 0.717) is 30.4 Å². The zero-order valence-electron chi connectivity index (χ0n) is 12.4. The highest BCUT2D eigenvalue weighted by Crippen LogP contribution is 2.28. The normalized spacial score (nSPS) is 21.1. The number of anilines is 1. The molecule has 1 aliphatic heterocycles. The highest BCUT2D eigenvalue weighted by molar-refractivity contribution is 7.89. The summed E-state index contributed by atoms with van der Waals surface area (Å²) in [6.45, 7) is 1.08. The molecule has 1 aliphatic carbocycles. The Balaban J connectivity index is 1.71. The van der Waals surface area contributed by atoms with Crippen LogP contribution in [0.2, 0.25) is 0 Å². The van der Waals surface area contributed by atoms with Gasteiger partial charge in [0.1, 0.15) is 0 Å². The van der Waals surface area contributed by atoms with Gasteiger partial charge in [-0.3, -0.25) is 0 Å². The van der Waals surface area contributed by atoms with Crippen molar-refractivity contribution in [1.29, 1.82) is 0 Å². The lowest BCUT2D eigenvalue weighted by Gasteiger charge is -2.30. The molecular formula is C16H24N2O2S. The molecule has 0 unspecified atom stereocenters. The Kier molecular flexibility index (Phi) is 4.22. The first kappa shape index (κ1) is 14.9. The monoisotopic (exact) mass is 308 g/mol. The van der Waals surface area contributed by atoms with Crippen LogP contribution in [0.5, 0.6) is 0 Å². The van der Waals surface area contributed by atoms with Gasteiger partial charge in [-0.25, -0.2) is 8.42 Å². The van der Waals surface area contributed by atoms with Gasteiger partial charge in [0.05, 0.1) is 5.75 Å². The largest absolute Gasteiger partial charge is 0.399 e. The maximum Gasteiger partial charge on any atom is 0.214 e. The topological polar surface area (TPSA) is 63.4 Å². The second-order valence-corrected chi connectivity index (χ2v) is 8.41. The van der Waals surface area contributed by atoms with E-state index in [-0.39, 0.29) is 0 Å². The third-order valence-electron chi connectivity index (χ3n) is 4.77. The molecule has 0 atom stereocenters. The maximum atomic E-state index is 12.6. The number of rotatable bonds is 3. The zero-order chi connectivity index (χ0) is 14.9. The Morgan fingerprint density at radius 3 is 2.67 bits per heavy atom. The zero-order valence-corrected chi connectivity index (χ0v) is 13.2. The van der Waals surface area contributed by atoms with Gasteiger partial charge in [-0.2, -0.15) is 4.31 Å². The molecule has 4 nitrogen and oxygen atoms in total. The first-order valence-electron chi connectivity index (χ1n) is 7.90. The maximum absolute atomic E-state index is 12.6. The van der Waals surface area contributed by atoms with Crippen molar-refractivity contribution in [2.24, 2.45) is 5.92 Å². The molecule has 1 fully saturated rings. The van der Waals surface area contributed by atoms with Gasteiger partial charge in [0.25, 0.3) is 0 Å². The van der Waals surface area contributed by atoms with Crippen molar-refractivity contribution < 1.29 is 8.42 Å². The van der Waals surface area contributed by atoms with Crippen LogP contribution in [-0.2, 0) is 23.0 Å². The lowest BCUT2D eigenvalue weighted by Crippen LogP contribution is -2.39. The number of benzene rings is 1. The van der Waals surface area contributed by atoms with Gasteiger partial charge in [-0.1, -0.05) is 25.3 Å². The summed E-state index contributed by atoms with van der Waals surface area (Å²) >= 11 is 0. The molecule has 5 heteroatoms. The van der Waals surface area contributed by atoms with Crippen LogP contribution in [0.1, 0.15) is 43.2 Å². The van der Waals surface area contributed by atoms with Crippen LogP contribution < -0.4 is 5.73 Å². The first-order valence-corrected chi connectivity index (χ1v) is 9.50. The number of fused-ring (bicyclic) bond motifs is 1. The molecular weight excluding hydrogens is 284 g/mol. The minimum Gasteiger partial charge on any atom is -0.399 e. The number of hydrogen-bond donors (Lipinski definition) is 1. The molecule has 3 rings (SSSR count). The summed E-state index contributed by atoms with van der Waals surface area (Å²) in [6, 6.07) is 5.83. The Morgan fingerprint density at radius 2 is 1.90 bits per heavy atom. The Hall–Kier alpha value is -1.07. The molecule has 0 bridgehead atoms. The van der Waals surface area contributed by atoms with Crippen LogP contribution in [0.15, 0.2) is 18.2 Å². The fourth-order valence-electron chi connectivity index (χ4n) is 3.55. The number of sulfonamides is 1.